The maximum atomic E-state index is 12.7. The van der Waals surface area contributed by atoms with Gasteiger partial charge in [-0.2, -0.15) is 4.31 Å². The maximum absolute atomic E-state index is 12.7. The van der Waals surface area contributed by atoms with E-state index in [-0.39, 0.29) is 10.9 Å². The second kappa shape index (κ2) is 7.55. The molecule has 2 aliphatic rings. The molecule has 2 aromatic rings. The molecule has 29 heavy (non-hydrogen) atoms. The van der Waals surface area contributed by atoms with Crippen molar-refractivity contribution >= 4 is 38.2 Å². The number of sulfonamides is 1. The molecule has 1 fully saturated rings. The second-order valence-corrected chi connectivity index (χ2v) is 10.6. The number of nitrogens with two attached hydrogens (primary N) is 1. The van der Waals surface area contributed by atoms with Crippen LogP contribution in [0.15, 0.2) is 29.2 Å². The van der Waals surface area contributed by atoms with Crippen LogP contribution in [0.3, 0.4) is 0 Å². The lowest BCUT2D eigenvalue weighted by Gasteiger charge is -2.16. The van der Waals surface area contributed by atoms with Crippen molar-refractivity contribution in [2.75, 3.05) is 12.4 Å². The molecule has 0 aliphatic heterocycles. The molecular formula is C20H23N3O4S2. The van der Waals surface area contributed by atoms with Gasteiger partial charge in [0.2, 0.25) is 10.0 Å². The number of nitrogens with one attached hydrogen (secondary N) is 1. The Labute approximate surface area is 174 Å². The van der Waals surface area contributed by atoms with Crippen LogP contribution in [0, 0.1) is 0 Å². The van der Waals surface area contributed by atoms with Gasteiger partial charge in [-0.25, -0.2) is 8.42 Å². The fourth-order valence-electron chi connectivity index (χ4n) is 3.67. The number of carbonyl (C=O) groups excluding carboxylic acids is 2. The number of benzene rings is 1. The van der Waals surface area contributed by atoms with Gasteiger partial charge in [-0.05, 0) is 68.4 Å². The first-order valence-electron chi connectivity index (χ1n) is 9.63. The van der Waals surface area contributed by atoms with Crippen molar-refractivity contribution in [3.63, 3.8) is 0 Å². The number of hydrogen-bond acceptors (Lipinski definition) is 5. The molecule has 0 bridgehead atoms. The molecule has 1 aromatic heterocycles. The van der Waals surface area contributed by atoms with Gasteiger partial charge in [-0.15, -0.1) is 11.3 Å². The zero-order chi connectivity index (χ0) is 20.8. The molecule has 2 amide bonds. The molecule has 4 rings (SSSR count). The zero-order valence-corrected chi connectivity index (χ0v) is 17.7. The summed E-state index contributed by atoms with van der Waals surface area (Å²) in [5, 5.41) is 3.27. The van der Waals surface area contributed by atoms with E-state index in [0.29, 0.717) is 16.1 Å². The molecule has 0 unspecified atom stereocenters. The summed E-state index contributed by atoms with van der Waals surface area (Å²) >= 11 is 1.40. The summed E-state index contributed by atoms with van der Waals surface area (Å²) < 4.78 is 26.6. The molecule has 1 aromatic carbocycles. The Kier molecular flexibility index (Phi) is 5.22. The van der Waals surface area contributed by atoms with Crippen LogP contribution in [0.1, 0.15) is 56.8 Å². The summed E-state index contributed by atoms with van der Waals surface area (Å²) in [5.74, 6) is -0.935. The van der Waals surface area contributed by atoms with Crippen LogP contribution in [0.5, 0.6) is 0 Å². The Balaban J connectivity index is 1.55. The highest BCUT2D eigenvalue weighted by Crippen LogP contribution is 2.38. The van der Waals surface area contributed by atoms with E-state index in [9.17, 15) is 18.0 Å². The molecule has 3 N–H and O–H groups in total. The van der Waals surface area contributed by atoms with Crippen LogP contribution in [0.25, 0.3) is 0 Å². The molecule has 1 saturated carbocycles. The summed E-state index contributed by atoms with van der Waals surface area (Å²) in [7, 11) is -1.97. The van der Waals surface area contributed by atoms with Gasteiger partial charge in [0.25, 0.3) is 11.8 Å². The molecule has 0 saturated heterocycles. The number of anilines is 1. The summed E-state index contributed by atoms with van der Waals surface area (Å²) in [6.07, 6.45) is 5.50. The van der Waals surface area contributed by atoms with E-state index in [4.69, 9.17) is 5.73 Å². The molecule has 154 valence electrons. The lowest BCUT2D eigenvalue weighted by molar-refractivity contribution is 0.100. The first kappa shape index (κ1) is 20.1. The van der Waals surface area contributed by atoms with Gasteiger partial charge in [0, 0.05) is 23.5 Å². The normalized spacial score (nSPS) is 16.5. The lowest BCUT2D eigenvalue weighted by atomic mass is 9.95. The van der Waals surface area contributed by atoms with E-state index in [1.54, 1.807) is 7.05 Å². The molecule has 0 spiro atoms. The number of fused-ring (bicyclic) bond motifs is 1. The largest absolute Gasteiger partial charge is 0.365 e. The molecule has 7 nitrogen and oxygen atoms in total. The molecule has 1 heterocycles. The van der Waals surface area contributed by atoms with Gasteiger partial charge in [0.15, 0.2) is 0 Å². The fourth-order valence-corrected chi connectivity index (χ4v) is 6.37. The van der Waals surface area contributed by atoms with Gasteiger partial charge < -0.3 is 11.1 Å². The summed E-state index contributed by atoms with van der Waals surface area (Å²) in [5.41, 5.74) is 7.25. The summed E-state index contributed by atoms with van der Waals surface area (Å²) in [6, 6.07) is 5.93. The van der Waals surface area contributed by atoms with Gasteiger partial charge >= 0.3 is 0 Å². The Morgan fingerprint density at radius 3 is 2.41 bits per heavy atom. The Bertz CT molecular complexity index is 1070. The Morgan fingerprint density at radius 2 is 1.79 bits per heavy atom. The van der Waals surface area contributed by atoms with E-state index in [2.05, 4.69) is 5.32 Å². The fraction of sp³-hybridized carbons (Fsp3) is 0.400. The van der Waals surface area contributed by atoms with Crippen molar-refractivity contribution in [1.29, 1.82) is 0 Å². The number of aryl methyl sites for hydroxylation is 1. The number of primary amides is 1. The first-order valence-corrected chi connectivity index (χ1v) is 11.9. The summed E-state index contributed by atoms with van der Waals surface area (Å²) in [4.78, 5) is 25.9. The van der Waals surface area contributed by atoms with E-state index >= 15 is 0 Å². The van der Waals surface area contributed by atoms with Crippen molar-refractivity contribution < 1.29 is 18.0 Å². The van der Waals surface area contributed by atoms with Crippen molar-refractivity contribution in [2.45, 2.75) is 49.5 Å². The third-order valence-corrected chi connectivity index (χ3v) is 8.63. The predicted octanol–water partition coefficient (Wildman–Crippen LogP) is 2.76. The first-order chi connectivity index (χ1) is 13.8. The smallest absolute Gasteiger partial charge is 0.256 e. The van der Waals surface area contributed by atoms with Crippen molar-refractivity contribution in [1.82, 2.24) is 4.31 Å². The van der Waals surface area contributed by atoms with E-state index < -0.39 is 21.8 Å². The number of nitrogens with zero attached hydrogens (tertiary/aromatic N) is 1. The standard InChI is InChI=1S/C20H23N3O4S2/c1-23(13-8-9-13)29(26,27)14-10-6-12(7-11-14)19(25)22-20-17(18(21)24)15-4-2-3-5-16(15)28-20/h6-7,10-11,13H,2-5,8-9H2,1H3,(H2,21,24)(H,22,25). The van der Waals surface area contributed by atoms with Crippen LogP contribution in [-0.2, 0) is 22.9 Å². The van der Waals surface area contributed by atoms with E-state index in [1.165, 1.54) is 39.9 Å². The van der Waals surface area contributed by atoms with Crippen LogP contribution >= 0.6 is 11.3 Å². The lowest BCUT2D eigenvalue weighted by Crippen LogP contribution is -2.29. The van der Waals surface area contributed by atoms with Crippen molar-refractivity contribution in [3.8, 4) is 0 Å². The van der Waals surface area contributed by atoms with Gasteiger partial charge in [-0.1, -0.05) is 0 Å². The third-order valence-electron chi connectivity index (χ3n) is 5.50. The van der Waals surface area contributed by atoms with Crippen LogP contribution in [-0.4, -0.2) is 37.6 Å². The Morgan fingerprint density at radius 1 is 1.14 bits per heavy atom. The maximum Gasteiger partial charge on any atom is 0.256 e. The molecule has 2 aliphatic carbocycles. The molecule has 0 radical (unpaired) electrons. The van der Waals surface area contributed by atoms with E-state index in [1.807, 2.05) is 0 Å². The van der Waals surface area contributed by atoms with Crippen LogP contribution in [0.4, 0.5) is 5.00 Å². The number of carbonyl (C=O) groups is 2. The number of hydrogen-bond donors (Lipinski definition) is 2. The predicted molar refractivity (Wildman–Crippen MR) is 112 cm³/mol. The quantitative estimate of drug-likeness (QED) is 0.730. The van der Waals surface area contributed by atoms with Crippen molar-refractivity contribution in [2.24, 2.45) is 5.73 Å². The van der Waals surface area contributed by atoms with Gasteiger partial charge in [0.1, 0.15) is 5.00 Å². The highest BCUT2D eigenvalue weighted by molar-refractivity contribution is 7.89. The van der Waals surface area contributed by atoms with Crippen LogP contribution < -0.4 is 11.1 Å². The zero-order valence-electron chi connectivity index (χ0n) is 16.1. The highest BCUT2D eigenvalue weighted by atomic mass is 32.2. The Hall–Kier alpha value is -2.23. The van der Waals surface area contributed by atoms with Crippen molar-refractivity contribution in [3.05, 3.63) is 45.8 Å². The average molecular weight is 434 g/mol. The molecule has 0 atom stereocenters. The number of amides is 2. The summed E-state index contributed by atoms with van der Waals surface area (Å²) in [6.45, 7) is 0. The minimum Gasteiger partial charge on any atom is -0.365 e. The minimum atomic E-state index is -3.55. The van der Waals surface area contributed by atoms with Crippen LogP contribution in [0.2, 0.25) is 0 Å². The second-order valence-electron chi connectivity index (χ2n) is 7.51. The van der Waals surface area contributed by atoms with Gasteiger partial charge in [-0.3, -0.25) is 9.59 Å². The van der Waals surface area contributed by atoms with Gasteiger partial charge in [0.05, 0.1) is 10.5 Å². The monoisotopic (exact) mass is 433 g/mol. The molecule has 9 heteroatoms. The minimum absolute atomic E-state index is 0.0695. The average Bonchev–Trinajstić information content (AvgIpc) is 3.48. The highest BCUT2D eigenvalue weighted by Gasteiger charge is 2.35. The van der Waals surface area contributed by atoms with E-state index in [0.717, 1.165) is 49.0 Å². The SMILES string of the molecule is CN(C1CC1)S(=O)(=O)c1ccc(C(=O)Nc2sc3c(c2C(N)=O)CCCC3)cc1. The molecular weight excluding hydrogens is 410 g/mol. The number of rotatable bonds is 6. The topological polar surface area (TPSA) is 110 Å². The number of thiophene rings is 1. The third kappa shape index (κ3) is 3.82.